The highest BCUT2D eigenvalue weighted by molar-refractivity contribution is 5.01. The van der Waals surface area contributed by atoms with Gasteiger partial charge in [-0.15, -0.1) is 13.0 Å². The standard InChI is InChI=1S/C19H38O2.C15H32.C8H13N.C2H6O/c1-2-3-4-5-6-7-8-9-10-11-15-20-16-12-13-19-14-17-21-18-19;1-3-5-7-9-11-13-15-14-12-10-8-6-4-2;1-4-8(5-2)6-7-9-3;1-3-2/h19H,2-18H2,1H3;3-15H2,1-2H3;1,5,8-9H,2,6-7H2,3H3;1-2H3/t19-;;;/m1.../s1. The predicted octanol–water partition coefficient (Wildman–Crippen LogP) is 13.1. The Labute approximate surface area is 304 Å². The second-order valence-corrected chi connectivity index (χ2v) is 13.9. The maximum Gasteiger partial charge on any atom is 0.0495 e. The molecular formula is C44H89NO3. The van der Waals surface area contributed by atoms with E-state index in [2.05, 4.69) is 43.3 Å². The highest BCUT2D eigenvalue weighted by Crippen LogP contribution is 2.18. The number of ether oxygens (including phenoxy) is 3. The molecule has 0 amide bonds. The number of nitrogens with one attached hydrogen (secondary N) is 1. The van der Waals surface area contributed by atoms with Gasteiger partial charge in [-0.05, 0) is 51.6 Å². The summed E-state index contributed by atoms with van der Waals surface area (Å²) in [4.78, 5) is 0. The largest absolute Gasteiger partial charge is 0.388 e. The minimum absolute atomic E-state index is 0.234. The molecule has 0 aromatic heterocycles. The van der Waals surface area contributed by atoms with Crippen LogP contribution in [0.1, 0.15) is 194 Å². The number of rotatable bonds is 31. The first-order chi connectivity index (χ1) is 23.6. The van der Waals surface area contributed by atoms with Crippen LogP contribution in [-0.2, 0) is 14.2 Å². The Morgan fingerprint density at radius 1 is 0.708 bits per heavy atom. The van der Waals surface area contributed by atoms with Crippen LogP contribution in [0.4, 0.5) is 0 Å². The van der Waals surface area contributed by atoms with Crippen molar-refractivity contribution < 1.29 is 14.2 Å². The summed E-state index contributed by atoms with van der Waals surface area (Å²) < 4.78 is 15.4. The van der Waals surface area contributed by atoms with Crippen molar-refractivity contribution in [2.75, 3.05) is 54.2 Å². The number of hydrogen-bond donors (Lipinski definition) is 1. The van der Waals surface area contributed by atoms with Crippen LogP contribution in [0, 0.1) is 24.2 Å². The second-order valence-electron chi connectivity index (χ2n) is 13.9. The van der Waals surface area contributed by atoms with E-state index in [0.717, 1.165) is 45.3 Å². The molecule has 1 unspecified atom stereocenters. The number of terminal acetylenes is 1. The van der Waals surface area contributed by atoms with Gasteiger partial charge in [0.15, 0.2) is 0 Å². The predicted molar refractivity (Wildman–Crippen MR) is 216 cm³/mol. The quantitative estimate of drug-likeness (QED) is 0.0450. The van der Waals surface area contributed by atoms with Gasteiger partial charge in [-0.25, -0.2) is 0 Å². The van der Waals surface area contributed by atoms with Crippen LogP contribution in [-0.4, -0.2) is 54.2 Å². The van der Waals surface area contributed by atoms with Gasteiger partial charge in [0.1, 0.15) is 0 Å². The summed E-state index contributed by atoms with van der Waals surface area (Å²) >= 11 is 0. The Balaban J connectivity index is -0.000000653. The lowest BCUT2D eigenvalue weighted by Gasteiger charge is -2.07. The lowest BCUT2D eigenvalue weighted by Crippen LogP contribution is -2.10. The van der Waals surface area contributed by atoms with Crippen LogP contribution in [0.3, 0.4) is 0 Å². The first-order valence-electron chi connectivity index (χ1n) is 20.9. The molecule has 0 bridgehead atoms. The minimum atomic E-state index is 0.234. The summed E-state index contributed by atoms with van der Waals surface area (Å²) in [5, 5.41) is 3.02. The molecule has 288 valence electrons. The fraction of sp³-hybridized carbons (Fsp3) is 0.909. The molecule has 0 spiro atoms. The Kier molecular flexibility index (Phi) is 54.2. The Bertz CT molecular complexity index is 572. The summed E-state index contributed by atoms with van der Waals surface area (Å²) in [6.07, 6.45) is 44.6. The third-order valence-corrected chi connectivity index (χ3v) is 8.98. The Hall–Kier alpha value is -0.860. The van der Waals surface area contributed by atoms with E-state index in [0.29, 0.717) is 0 Å². The molecule has 0 radical (unpaired) electrons. The molecule has 2 atom stereocenters. The average Bonchev–Trinajstić information content (AvgIpc) is 3.63. The van der Waals surface area contributed by atoms with Crippen molar-refractivity contribution in [3.8, 4) is 12.3 Å². The molecule has 1 aliphatic heterocycles. The van der Waals surface area contributed by atoms with E-state index in [-0.39, 0.29) is 5.92 Å². The summed E-state index contributed by atoms with van der Waals surface area (Å²) in [7, 11) is 5.16. The molecule has 4 nitrogen and oxygen atoms in total. The zero-order valence-electron chi connectivity index (χ0n) is 33.9. The van der Waals surface area contributed by atoms with Gasteiger partial charge in [0.05, 0.1) is 0 Å². The molecule has 48 heavy (non-hydrogen) atoms. The molecule has 0 aromatic rings. The highest BCUT2D eigenvalue weighted by atomic mass is 16.5. The maximum absolute atomic E-state index is 5.72. The van der Waals surface area contributed by atoms with Gasteiger partial charge in [0.25, 0.3) is 0 Å². The molecule has 0 aromatic carbocycles. The first kappa shape index (κ1) is 51.5. The van der Waals surface area contributed by atoms with Crippen LogP contribution in [0.5, 0.6) is 0 Å². The number of hydrogen-bond acceptors (Lipinski definition) is 4. The first-order valence-corrected chi connectivity index (χ1v) is 20.9. The molecule has 0 saturated carbocycles. The number of methoxy groups -OCH3 is 1. The van der Waals surface area contributed by atoms with Crippen molar-refractivity contribution >= 4 is 0 Å². The Morgan fingerprint density at radius 2 is 1.10 bits per heavy atom. The smallest absolute Gasteiger partial charge is 0.0495 e. The minimum Gasteiger partial charge on any atom is -0.388 e. The maximum atomic E-state index is 5.72. The van der Waals surface area contributed by atoms with Crippen LogP contribution < -0.4 is 5.32 Å². The van der Waals surface area contributed by atoms with Gasteiger partial charge in [0.2, 0.25) is 0 Å². The normalized spacial score (nSPS) is 14.1. The molecule has 4 heteroatoms. The SMILES string of the molecule is C#CC(C=C)CCNC.CCCCCCCCCCCCCCC.CCCCCCCCCCCCOCCC[C@@H]1CCOC1.COC. The van der Waals surface area contributed by atoms with Crippen molar-refractivity contribution in [2.45, 2.75) is 194 Å². The number of unbranched alkanes of at least 4 members (excludes halogenated alkanes) is 21. The summed E-state index contributed by atoms with van der Waals surface area (Å²) in [5.74, 6) is 3.67. The zero-order valence-corrected chi connectivity index (χ0v) is 33.9. The van der Waals surface area contributed by atoms with Gasteiger partial charge < -0.3 is 19.5 Å². The monoisotopic (exact) mass is 680 g/mol. The van der Waals surface area contributed by atoms with Crippen molar-refractivity contribution in [1.29, 1.82) is 0 Å². The fourth-order valence-electron chi connectivity index (χ4n) is 5.74. The second kappa shape index (κ2) is 50.5. The molecule has 1 fully saturated rings. The van der Waals surface area contributed by atoms with Gasteiger partial charge >= 0.3 is 0 Å². The van der Waals surface area contributed by atoms with Crippen molar-refractivity contribution in [3.63, 3.8) is 0 Å². The molecular weight excluding hydrogens is 590 g/mol. The lowest BCUT2D eigenvalue weighted by atomic mass is 10.0. The summed E-state index contributed by atoms with van der Waals surface area (Å²) in [5.41, 5.74) is 0. The summed E-state index contributed by atoms with van der Waals surface area (Å²) in [6, 6.07) is 0. The van der Waals surface area contributed by atoms with Crippen molar-refractivity contribution in [1.82, 2.24) is 5.32 Å². The van der Waals surface area contributed by atoms with Crippen molar-refractivity contribution in [2.24, 2.45) is 11.8 Å². The van der Waals surface area contributed by atoms with Gasteiger partial charge in [-0.1, -0.05) is 174 Å². The van der Waals surface area contributed by atoms with Crippen LogP contribution in [0.2, 0.25) is 0 Å². The molecule has 1 saturated heterocycles. The number of allylic oxidation sites excluding steroid dienone is 1. The van der Waals surface area contributed by atoms with Gasteiger partial charge in [-0.2, -0.15) is 0 Å². The molecule has 1 aliphatic rings. The topological polar surface area (TPSA) is 39.7 Å². The average molecular weight is 680 g/mol. The van der Waals surface area contributed by atoms with Crippen molar-refractivity contribution in [3.05, 3.63) is 12.7 Å². The van der Waals surface area contributed by atoms with E-state index in [9.17, 15) is 0 Å². The van der Waals surface area contributed by atoms with E-state index in [1.165, 1.54) is 167 Å². The van der Waals surface area contributed by atoms with Crippen LogP contribution in [0.15, 0.2) is 12.7 Å². The molecule has 1 N–H and O–H groups in total. The molecule has 1 heterocycles. The summed E-state index contributed by atoms with van der Waals surface area (Å²) in [6.45, 7) is 15.3. The fourth-order valence-corrected chi connectivity index (χ4v) is 5.74. The molecule has 1 rings (SSSR count). The van der Waals surface area contributed by atoms with E-state index in [1.54, 1.807) is 20.3 Å². The highest BCUT2D eigenvalue weighted by Gasteiger charge is 2.14. The van der Waals surface area contributed by atoms with Gasteiger partial charge in [-0.3, -0.25) is 0 Å². The van der Waals surface area contributed by atoms with Crippen LogP contribution >= 0.6 is 0 Å². The third kappa shape index (κ3) is 49.5. The molecule has 0 aliphatic carbocycles. The van der Waals surface area contributed by atoms with E-state index < -0.39 is 0 Å². The third-order valence-electron chi connectivity index (χ3n) is 8.98. The van der Waals surface area contributed by atoms with E-state index in [4.69, 9.17) is 15.9 Å². The zero-order chi connectivity index (χ0) is 36.0. The van der Waals surface area contributed by atoms with Gasteiger partial charge in [0, 0.05) is 46.6 Å². The van der Waals surface area contributed by atoms with Crippen LogP contribution in [0.25, 0.3) is 0 Å². The van der Waals surface area contributed by atoms with E-state index >= 15 is 0 Å². The Morgan fingerprint density at radius 3 is 1.44 bits per heavy atom. The van der Waals surface area contributed by atoms with E-state index in [1.807, 2.05) is 7.05 Å². The lowest BCUT2D eigenvalue weighted by molar-refractivity contribution is 0.120.